The van der Waals surface area contributed by atoms with E-state index in [4.69, 9.17) is 16.3 Å². The number of ether oxygens (including phenoxy) is 1. The van der Waals surface area contributed by atoms with Crippen LogP contribution in [-0.4, -0.2) is 87.5 Å². The van der Waals surface area contributed by atoms with Crippen LogP contribution in [0.25, 0.3) is 21.6 Å². The molecule has 4 amide bonds. The summed E-state index contributed by atoms with van der Waals surface area (Å²) in [6.45, 7) is 8.56. The monoisotopic (exact) mass is 975 g/mol. The maximum absolute atomic E-state index is 14.0. The fourth-order valence-electron chi connectivity index (χ4n) is 8.57. The fourth-order valence-corrected chi connectivity index (χ4v) is 9.57. The Hall–Kier alpha value is -6.02. The molecule has 0 unspecified atom stereocenters. The van der Waals surface area contributed by atoms with Crippen LogP contribution in [0.15, 0.2) is 109 Å². The molecule has 1 saturated heterocycles. The second-order valence-corrected chi connectivity index (χ2v) is 19.9. The highest BCUT2D eigenvalue weighted by atomic mass is 35.5. The third kappa shape index (κ3) is 15.2. The lowest BCUT2D eigenvalue weighted by molar-refractivity contribution is -0.144. The molecule has 4 aromatic carbocycles. The Labute approximate surface area is 415 Å². The van der Waals surface area contributed by atoms with E-state index in [0.29, 0.717) is 44.0 Å². The number of aromatic nitrogens is 1. The first-order valence-corrected chi connectivity index (χ1v) is 25.3. The summed E-state index contributed by atoms with van der Waals surface area (Å²) < 4.78 is 5.96. The number of carbonyl (C=O) groups is 4. The predicted molar refractivity (Wildman–Crippen MR) is 275 cm³/mol. The topological polar surface area (TPSA) is 170 Å². The number of aliphatic hydroxyl groups is 1. The average Bonchev–Trinajstić information content (AvgIpc) is 3.96. The zero-order chi connectivity index (χ0) is 49.3. The summed E-state index contributed by atoms with van der Waals surface area (Å²) in [6.07, 6.45) is 4.44. The number of amides is 4. The summed E-state index contributed by atoms with van der Waals surface area (Å²) in [7, 11) is 0. The van der Waals surface area contributed by atoms with Gasteiger partial charge in [0.1, 0.15) is 30.2 Å². The summed E-state index contributed by atoms with van der Waals surface area (Å²) in [4.78, 5) is 60.0. The van der Waals surface area contributed by atoms with Gasteiger partial charge in [-0.2, -0.15) is 0 Å². The summed E-state index contributed by atoms with van der Waals surface area (Å²) >= 11 is 7.87. The van der Waals surface area contributed by atoms with Crippen LogP contribution in [0, 0.1) is 12.3 Å². The minimum absolute atomic E-state index is 0.0129. The van der Waals surface area contributed by atoms with Gasteiger partial charge in [-0.3, -0.25) is 19.2 Å². The molecule has 1 aliphatic rings. The minimum atomic E-state index is -0.883. The molecule has 1 fully saturated rings. The van der Waals surface area contributed by atoms with Crippen molar-refractivity contribution >= 4 is 57.7 Å². The number of nitrogens with zero attached hydrogens (tertiary/aromatic N) is 2. The van der Waals surface area contributed by atoms with Gasteiger partial charge in [-0.15, -0.1) is 22.9 Å². The highest BCUT2D eigenvalue weighted by Gasteiger charge is 2.44. The number of allylic oxidation sites excluding steroid dienone is 1. The molecule has 0 spiro atoms. The Morgan fingerprint density at radius 2 is 1.45 bits per heavy atom. The lowest BCUT2D eigenvalue weighted by Gasteiger charge is -2.35. The first-order chi connectivity index (χ1) is 33.2. The van der Waals surface area contributed by atoms with Crippen molar-refractivity contribution in [2.45, 2.75) is 110 Å². The zero-order valence-electron chi connectivity index (χ0n) is 40.1. The number of carbonyl (C=O) groups excluding carboxylic acids is 4. The number of nitrogens with one attached hydrogen (secondary N) is 3. The van der Waals surface area contributed by atoms with E-state index in [1.807, 2.05) is 112 Å². The van der Waals surface area contributed by atoms with Crippen LogP contribution in [-0.2, 0) is 25.7 Å². The molecule has 14 heteroatoms. The number of likely N-dealkylation sites (tertiary alicyclic amines) is 1. The number of phenols is 1. The standard InChI is InChI=1S/C55H66ClN5O7S/c1-37-51(69-36-59-37)42-19-17-38(18-20-42)34-58-53(66)47-33-44(63)35-61(47)54(67)52(55(2,3)4)60-49(65)16-12-7-5-6-11-15-48(64)57-31-32-68-45-27-23-41(24-28-45)50(40-21-25-43(62)26-22-40)46(29-30-56)39-13-9-8-10-14-39/h8-10,13-14,17-28,36,44,47,52,62-63H,5-7,11-12,15-16,29-35H2,1-4H3,(H,57,64)(H,58,66)(H,60,65)/t44-,47+,52-/m1/s1. The number of aliphatic hydroxyl groups excluding tert-OH is 1. The molecule has 366 valence electrons. The molecule has 69 heavy (non-hydrogen) atoms. The van der Waals surface area contributed by atoms with Crippen molar-refractivity contribution in [1.29, 1.82) is 0 Å². The van der Waals surface area contributed by atoms with Gasteiger partial charge in [-0.25, -0.2) is 4.98 Å². The summed E-state index contributed by atoms with van der Waals surface area (Å²) in [5, 5.41) is 29.4. The SMILES string of the molecule is Cc1ncsc1-c1ccc(CNC(=O)[C@@H]2C[C@@H](O)CN2C(=O)[C@@H](NC(=O)CCCCCCCC(=O)NCCOc2ccc(C(=C(CCCl)c3ccccc3)c3ccc(O)cc3)cc2)C(C)(C)C)cc1. The minimum Gasteiger partial charge on any atom is -0.508 e. The number of halogens is 1. The molecule has 0 radical (unpaired) electrons. The van der Waals surface area contributed by atoms with E-state index < -0.39 is 23.6 Å². The third-order valence-electron chi connectivity index (χ3n) is 12.3. The van der Waals surface area contributed by atoms with Crippen molar-refractivity contribution in [2.75, 3.05) is 25.6 Å². The van der Waals surface area contributed by atoms with Gasteiger partial charge < -0.3 is 35.8 Å². The van der Waals surface area contributed by atoms with Gasteiger partial charge in [0.25, 0.3) is 0 Å². The Morgan fingerprint density at radius 3 is 2.07 bits per heavy atom. The number of aryl methyl sites for hydroxylation is 1. The van der Waals surface area contributed by atoms with E-state index >= 15 is 0 Å². The summed E-state index contributed by atoms with van der Waals surface area (Å²) in [5.74, 6) is 0.317. The van der Waals surface area contributed by atoms with Gasteiger partial charge in [0, 0.05) is 38.2 Å². The van der Waals surface area contributed by atoms with E-state index in [1.54, 1.807) is 23.5 Å². The number of hydrogen-bond donors (Lipinski definition) is 5. The maximum atomic E-state index is 14.0. The van der Waals surface area contributed by atoms with Gasteiger partial charge >= 0.3 is 0 Å². The van der Waals surface area contributed by atoms with E-state index in [1.165, 1.54) is 4.90 Å². The quantitative estimate of drug-likeness (QED) is 0.0245. The molecule has 0 saturated carbocycles. The van der Waals surface area contributed by atoms with Crippen molar-refractivity contribution in [3.8, 4) is 21.9 Å². The molecule has 1 aromatic heterocycles. The molecule has 0 bridgehead atoms. The molecular formula is C55H66ClN5O7S. The van der Waals surface area contributed by atoms with Crippen molar-refractivity contribution < 1.29 is 34.1 Å². The van der Waals surface area contributed by atoms with Crippen molar-refractivity contribution in [1.82, 2.24) is 25.8 Å². The van der Waals surface area contributed by atoms with Gasteiger partial charge in [0.2, 0.25) is 23.6 Å². The van der Waals surface area contributed by atoms with Gasteiger partial charge in [-0.1, -0.05) is 119 Å². The summed E-state index contributed by atoms with van der Waals surface area (Å²) in [5.41, 5.74) is 9.27. The van der Waals surface area contributed by atoms with Gasteiger partial charge in [0.15, 0.2) is 0 Å². The van der Waals surface area contributed by atoms with Gasteiger partial charge in [-0.05, 0) is 94.8 Å². The van der Waals surface area contributed by atoms with Crippen molar-refractivity contribution in [3.05, 3.63) is 137 Å². The Kier molecular flexibility index (Phi) is 19.4. The molecule has 12 nitrogen and oxygen atoms in total. The van der Waals surface area contributed by atoms with Crippen LogP contribution >= 0.6 is 22.9 Å². The second kappa shape index (κ2) is 25.5. The average molecular weight is 977 g/mol. The number of hydrogen-bond acceptors (Lipinski definition) is 9. The highest BCUT2D eigenvalue weighted by molar-refractivity contribution is 7.13. The normalized spacial score (nSPS) is 15.5. The number of unbranched alkanes of at least 4 members (excludes halogenated alkanes) is 4. The molecule has 5 aromatic rings. The van der Waals surface area contributed by atoms with Crippen molar-refractivity contribution in [2.24, 2.45) is 5.41 Å². The number of thiazole rings is 1. The lowest BCUT2D eigenvalue weighted by Crippen LogP contribution is -2.57. The van der Waals surface area contributed by atoms with E-state index in [-0.39, 0.29) is 55.3 Å². The van der Waals surface area contributed by atoms with Crippen LogP contribution in [0.4, 0.5) is 0 Å². The Morgan fingerprint density at radius 1 is 0.812 bits per heavy atom. The van der Waals surface area contributed by atoms with Crippen LogP contribution in [0.1, 0.15) is 107 Å². The van der Waals surface area contributed by atoms with Crippen LogP contribution in [0.3, 0.4) is 0 Å². The van der Waals surface area contributed by atoms with Crippen LogP contribution in [0.2, 0.25) is 0 Å². The summed E-state index contributed by atoms with van der Waals surface area (Å²) in [6, 6.07) is 31.4. The lowest BCUT2D eigenvalue weighted by atomic mass is 9.85. The number of rotatable bonds is 23. The smallest absolute Gasteiger partial charge is 0.246 e. The number of benzene rings is 4. The van der Waals surface area contributed by atoms with E-state index in [9.17, 15) is 29.4 Å². The van der Waals surface area contributed by atoms with E-state index in [0.717, 1.165) is 75.2 Å². The Balaban J connectivity index is 0.877. The fraction of sp³-hybridized carbons (Fsp3) is 0.400. The molecule has 5 N–H and O–H groups in total. The maximum Gasteiger partial charge on any atom is 0.246 e. The number of β-amino-alcohol motifs (C(OH)–C–C–N with tert-alkyl or cyclic N) is 1. The predicted octanol–water partition coefficient (Wildman–Crippen LogP) is 9.45. The third-order valence-corrected chi connectivity index (χ3v) is 13.4. The molecular weight excluding hydrogens is 910 g/mol. The Bertz CT molecular complexity index is 2490. The zero-order valence-corrected chi connectivity index (χ0v) is 41.7. The van der Waals surface area contributed by atoms with Crippen LogP contribution in [0.5, 0.6) is 11.5 Å². The number of alkyl halides is 1. The van der Waals surface area contributed by atoms with Gasteiger partial charge in [0.05, 0.1) is 28.7 Å². The molecule has 1 aliphatic heterocycles. The largest absolute Gasteiger partial charge is 0.508 e. The molecule has 3 atom stereocenters. The highest BCUT2D eigenvalue weighted by Crippen LogP contribution is 2.36. The second-order valence-electron chi connectivity index (χ2n) is 18.6. The molecule has 0 aliphatic carbocycles. The van der Waals surface area contributed by atoms with Crippen LogP contribution < -0.4 is 20.7 Å². The molecule has 6 rings (SSSR count). The van der Waals surface area contributed by atoms with E-state index in [2.05, 4.69) is 33.1 Å². The molecule has 2 heterocycles. The number of phenolic OH excluding ortho intramolecular Hbond substituents is 1. The van der Waals surface area contributed by atoms with Crippen molar-refractivity contribution in [3.63, 3.8) is 0 Å². The number of aromatic hydroxyl groups is 1. The first kappa shape index (κ1) is 52.4. The first-order valence-electron chi connectivity index (χ1n) is 23.9.